The van der Waals surface area contributed by atoms with Gasteiger partial charge in [-0.3, -0.25) is 4.79 Å². The lowest BCUT2D eigenvalue weighted by Crippen LogP contribution is -2.27. The maximum absolute atomic E-state index is 12.9. The Hall–Kier alpha value is -2.87. The van der Waals surface area contributed by atoms with E-state index in [2.05, 4.69) is 5.32 Å². The van der Waals surface area contributed by atoms with E-state index >= 15 is 0 Å². The molecule has 0 saturated heterocycles. The molecule has 31 heavy (non-hydrogen) atoms. The summed E-state index contributed by atoms with van der Waals surface area (Å²) in [6, 6.07) is 18.5. The van der Waals surface area contributed by atoms with Crippen LogP contribution < -0.4 is 10.1 Å². The third-order valence-electron chi connectivity index (χ3n) is 4.79. The van der Waals surface area contributed by atoms with Crippen LogP contribution in [-0.2, 0) is 16.6 Å². The van der Waals surface area contributed by atoms with E-state index in [-0.39, 0.29) is 17.3 Å². The van der Waals surface area contributed by atoms with Crippen molar-refractivity contribution < 1.29 is 17.9 Å². The van der Waals surface area contributed by atoms with Crippen molar-refractivity contribution in [3.63, 3.8) is 0 Å². The topological polar surface area (TPSA) is 75.7 Å². The highest BCUT2D eigenvalue weighted by molar-refractivity contribution is 7.89. The van der Waals surface area contributed by atoms with Crippen molar-refractivity contribution >= 4 is 33.2 Å². The lowest BCUT2D eigenvalue weighted by molar-refractivity contribution is 0.102. The number of nitrogens with one attached hydrogen (secondary N) is 1. The first-order valence-corrected chi connectivity index (χ1v) is 11.3. The molecule has 0 aromatic heterocycles. The summed E-state index contributed by atoms with van der Waals surface area (Å²) in [5.74, 6) is 0.126. The van der Waals surface area contributed by atoms with Crippen LogP contribution in [0.1, 0.15) is 21.5 Å². The maximum Gasteiger partial charge on any atom is 0.255 e. The number of rotatable bonds is 7. The summed E-state index contributed by atoms with van der Waals surface area (Å²) in [6.45, 7) is 1.93. The van der Waals surface area contributed by atoms with Gasteiger partial charge in [0.2, 0.25) is 10.0 Å². The first-order chi connectivity index (χ1) is 14.7. The van der Waals surface area contributed by atoms with Gasteiger partial charge in [-0.15, -0.1) is 0 Å². The zero-order valence-electron chi connectivity index (χ0n) is 17.4. The molecule has 0 unspecified atom stereocenters. The van der Waals surface area contributed by atoms with Crippen LogP contribution in [0.2, 0.25) is 5.02 Å². The number of ether oxygens (including phenoxy) is 1. The minimum Gasteiger partial charge on any atom is -0.496 e. The second kappa shape index (κ2) is 9.51. The number of anilines is 1. The smallest absolute Gasteiger partial charge is 0.255 e. The summed E-state index contributed by atoms with van der Waals surface area (Å²) in [6.07, 6.45) is 0. The molecule has 8 heteroatoms. The van der Waals surface area contributed by atoms with E-state index < -0.39 is 10.0 Å². The van der Waals surface area contributed by atoms with Crippen LogP contribution in [0.5, 0.6) is 5.75 Å². The molecule has 0 atom stereocenters. The molecule has 1 N–H and O–H groups in total. The van der Waals surface area contributed by atoms with Gasteiger partial charge in [-0.05, 0) is 49.4 Å². The number of amides is 1. The van der Waals surface area contributed by atoms with Crippen molar-refractivity contribution in [3.8, 4) is 5.75 Å². The molecule has 3 aromatic rings. The van der Waals surface area contributed by atoms with Gasteiger partial charge in [-0.2, -0.15) is 4.31 Å². The number of carbonyl (C=O) groups is 1. The van der Waals surface area contributed by atoms with Crippen LogP contribution in [0.4, 0.5) is 5.69 Å². The lowest BCUT2D eigenvalue weighted by atomic mass is 10.1. The quantitative estimate of drug-likeness (QED) is 0.555. The number of methoxy groups -OCH3 is 1. The fourth-order valence-electron chi connectivity index (χ4n) is 3.02. The SMILES string of the molecule is COc1ccc(C(=O)Nc2ccccc2Cl)cc1CN(C)S(=O)(=O)c1ccc(C)cc1. The number of aryl methyl sites for hydroxylation is 1. The van der Waals surface area contributed by atoms with E-state index in [1.54, 1.807) is 66.7 Å². The van der Waals surface area contributed by atoms with Crippen molar-refractivity contribution in [3.05, 3.63) is 88.4 Å². The van der Waals surface area contributed by atoms with Crippen molar-refractivity contribution in [2.24, 2.45) is 0 Å². The Balaban J connectivity index is 1.86. The van der Waals surface area contributed by atoms with Crippen LogP contribution in [0, 0.1) is 6.92 Å². The molecule has 0 aliphatic heterocycles. The Labute approximate surface area is 187 Å². The Kier molecular flexibility index (Phi) is 7.00. The molecule has 1 amide bonds. The molecular formula is C23H23ClN2O4S. The molecule has 0 aliphatic carbocycles. The van der Waals surface area contributed by atoms with Gasteiger partial charge >= 0.3 is 0 Å². The normalized spacial score (nSPS) is 11.4. The fraction of sp³-hybridized carbons (Fsp3) is 0.174. The van der Waals surface area contributed by atoms with Crippen molar-refractivity contribution in [1.82, 2.24) is 4.31 Å². The first-order valence-electron chi connectivity index (χ1n) is 9.48. The molecular weight excluding hydrogens is 436 g/mol. The molecule has 6 nitrogen and oxygen atoms in total. The number of hydrogen-bond acceptors (Lipinski definition) is 4. The van der Waals surface area contributed by atoms with E-state index in [1.807, 2.05) is 6.92 Å². The molecule has 0 radical (unpaired) electrons. The zero-order chi connectivity index (χ0) is 22.6. The van der Waals surface area contributed by atoms with Crippen molar-refractivity contribution in [2.45, 2.75) is 18.4 Å². The Bertz CT molecular complexity index is 1190. The highest BCUT2D eigenvalue weighted by atomic mass is 35.5. The van der Waals surface area contributed by atoms with Gasteiger partial charge in [0.05, 0.1) is 22.7 Å². The predicted molar refractivity (Wildman–Crippen MR) is 122 cm³/mol. The van der Waals surface area contributed by atoms with Crippen LogP contribution in [-0.4, -0.2) is 32.8 Å². The minimum atomic E-state index is -3.71. The van der Waals surface area contributed by atoms with Crippen LogP contribution >= 0.6 is 11.6 Å². The summed E-state index contributed by atoms with van der Waals surface area (Å²) < 4.78 is 32.5. The van der Waals surface area contributed by atoms with Crippen molar-refractivity contribution in [1.29, 1.82) is 0 Å². The second-order valence-corrected chi connectivity index (χ2v) is 9.49. The van der Waals surface area contributed by atoms with E-state index in [0.29, 0.717) is 27.6 Å². The Morgan fingerprint density at radius 3 is 2.39 bits per heavy atom. The summed E-state index contributed by atoms with van der Waals surface area (Å²) in [4.78, 5) is 12.9. The van der Waals surface area contributed by atoms with Gasteiger partial charge in [0, 0.05) is 24.7 Å². The highest BCUT2D eigenvalue weighted by Crippen LogP contribution is 2.26. The van der Waals surface area contributed by atoms with Gasteiger partial charge in [0.15, 0.2) is 0 Å². The number of nitrogens with zero attached hydrogens (tertiary/aromatic N) is 1. The molecule has 0 fully saturated rings. The molecule has 162 valence electrons. The van der Waals surface area contributed by atoms with Crippen LogP contribution in [0.25, 0.3) is 0 Å². The molecule has 0 heterocycles. The Morgan fingerprint density at radius 1 is 1.06 bits per heavy atom. The molecule has 3 rings (SSSR count). The summed E-state index contributed by atoms with van der Waals surface area (Å²) >= 11 is 6.11. The average molecular weight is 459 g/mol. The van der Waals surface area contributed by atoms with Crippen LogP contribution in [0.3, 0.4) is 0 Å². The third-order valence-corrected chi connectivity index (χ3v) is 6.93. The third kappa shape index (κ3) is 5.25. The number of hydrogen-bond donors (Lipinski definition) is 1. The predicted octanol–water partition coefficient (Wildman–Crippen LogP) is 4.73. The standard InChI is InChI=1S/C23H23ClN2O4S/c1-16-8-11-19(12-9-16)31(28,29)26(2)15-18-14-17(10-13-22(18)30-3)23(27)25-21-7-5-4-6-20(21)24/h4-14H,15H2,1-3H3,(H,25,27). The number of benzene rings is 3. The van der Waals surface area contributed by atoms with Gasteiger partial charge in [-0.25, -0.2) is 8.42 Å². The first kappa shape index (κ1) is 22.8. The van der Waals surface area contributed by atoms with Crippen molar-refractivity contribution in [2.75, 3.05) is 19.5 Å². The Morgan fingerprint density at radius 2 is 1.74 bits per heavy atom. The van der Waals surface area contributed by atoms with E-state index in [1.165, 1.54) is 18.5 Å². The molecule has 0 saturated carbocycles. The largest absolute Gasteiger partial charge is 0.496 e. The number of sulfonamides is 1. The number of halogens is 1. The van der Waals surface area contributed by atoms with Gasteiger partial charge in [-0.1, -0.05) is 41.4 Å². The molecule has 3 aromatic carbocycles. The zero-order valence-corrected chi connectivity index (χ0v) is 19.0. The number of para-hydroxylation sites is 1. The van der Waals surface area contributed by atoms with E-state index in [4.69, 9.17) is 16.3 Å². The van der Waals surface area contributed by atoms with Gasteiger partial charge in [0.1, 0.15) is 5.75 Å². The van der Waals surface area contributed by atoms with Crippen LogP contribution in [0.15, 0.2) is 71.6 Å². The van der Waals surface area contributed by atoms with E-state index in [9.17, 15) is 13.2 Å². The van der Waals surface area contributed by atoms with E-state index in [0.717, 1.165) is 5.56 Å². The fourth-order valence-corrected chi connectivity index (χ4v) is 4.35. The summed E-state index contributed by atoms with van der Waals surface area (Å²) in [7, 11) is -0.718. The minimum absolute atomic E-state index is 0.0343. The second-order valence-electron chi connectivity index (χ2n) is 7.03. The lowest BCUT2D eigenvalue weighted by Gasteiger charge is -2.19. The molecule has 0 spiro atoms. The highest BCUT2D eigenvalue weighted by Gasteiger charge is 2.22. The molecule has 0 bridgehead atoms. The monoisotopic (exact) mass is 458 g/mol. The van der Waals surface area contributed by atoms with Gasteiger partial charge < -0.3 is 10.1 Å². The maximum atomic E-state index is 12.9. The van der Waals surface area contributed by atoms with Gasteiger partial charge in [0.25, 0.3) is 5.91 Å². The number of carbonyl (C=O) groups excluding carboxylic acids is 1. The average Bonchev–Trinajstić information content (AvgIpc) is 2.75. The summed E-state index contributed by atoms with van der Waals surface area (Å²) in [5, 5.41) is 3.19. The molecule has 0 aliphatic rings. The summed E-state index contributed by atoms with van der Waals surface area (Å²) in [5.41, 5.74) is 2.38.